The summed E-state index contributed by atoms with van der Waals surface area (Å²) in [6.45, 7) is 0. The smallest absolute Gasteiger partial charge is 0.187 e. The van der Waals surface area contributed by atoms with Crippen LogP contribution in [0.1, 0.15) is 25.7 Å². The Morgan fingerprint density at radius 2 is 1.92 bits per heavy atom. The molecule has 0 N–H and O–H groups in total. The number of nitrogens with zero attached hydrogens (tertiary/aromatic N) is 1. The quantitative estimate of drug-likeness (QED) is 0.539. The molecule has 1 aliphatic carbocycles. The number of Topliss-reactive ketones (excluding diaryl/α,β-unsaturated/α-hetero) is 1. The molecule has 3 heteroatoms. The molecule has 0 amide bonds. The molecule has 64 valence electrons. The summed E-state index contributed by atoms with van der Waals surface area (Å²) in [6, 6.07) is 0.243. The zero-order valence-electron chi connectivity index (χ0n) is 6.82. The first-order chi connectivity index (χ1) is 5.81. The number of carbonyl (C=O) groups excluding carboxylic acids is 2. The van der Waals surface area contributed by atoms with Gasteiger partial charge < -0.3 is 0 Å². The third-order valence-corrected chi connectivity index (χ3v) is 2.75. The van der Waals surface area contributed by atoms with E-state index in [9.17, 15) is 9.59 Å². The van der Waals surface area contributed by atoms with Crippen LogP contribution in [0.4, 0.5) is 0 Å². The van der Waals surface area contributed by atoms with Gasteiger partial charge in [0.2, 0.25) is 0 Å². The lowest BCUT2D eigenvalue weighted by Crippen LogP contribution is -2.23. The molecule has 3 rings (SSSR count). The topological polar surface area (TPSA) is 46.5 Å². The van der Waals surface area contributed by atoms with E-state index in [2.05, 4.69) is 4.99 Å². The number of hydrogen-bond acceptors (Lipinski definition) is 3. The second-order valence-electron chi connectivity index (χ2n) is 3.50. The summed E-state index contributed by atoms with van der Waals surface area (Å²) in [5.74, 6) is 0.0673. The number of ketones is 1. The van der Waals surface area contributed by atoms with Crippen LogP contribution in [0.3, 0.4) is 0 Å². The standard InChI is InChI=1S/C9H11NO2/c11-5-8-9(12)6-1-3-7(10-8)4-2-6/h5-7H,1-4H2. The van der Waals surface area contributed by atoms with E-state index in [-0.39, 0.29) is 23.5 Å². The molecule has 2 bridgehead atoms. The summed E-state index contributed by atoms with van der Waals surface area (Å²) in [5, 5.41) is 0. The Balaban J connectivity index is 2.34. The van der Waals surface area contributed by atoms with Crippen LogP contribution in [0.2, 0.25) is 0 Å². The van der Waals surface area contributed by atoms with Gasteiger partial charge in [0.25, 0.3) is 0 Å². The zero-order chi connectivity index (χ0) is 8.55. The van der Waals surface area contributed by atoms with E-state index < -0.39 is 0 Å². The number of aliphatic imine (C=N–C) groups is 1. The first-order valence-electron chi connectivity index (χ1n) is 4.38. The van der Waals surface area contributed by atoms with Gasteiger partial charge in [0.05, 0.1) is 6.04 Å². The van der Waals surface area contributed by atoms with Gasteiger partial charge in [0.1, 0.15) is 5.71 Å². The predicted molar refractivity (Wildman–Crippen MR) is 44.3 cm³/mol. The van der Waals surface area contributed by atoms with Gasteiger partial charge in [-0.1, -0.05) is 0 Å². The molecule has 2 aliphatic heterocycles. The van der Waals surface area contributed by atoms with Crippen molar-refractivity contribution in [2.75, 3.05) is 0 Å². The van der Waals surface area contributed by atoms with E-state index in [0.29, 0.717) is 6.29 Å². The zero-order valence-corrected chi connectivity index (χ0v) is 6.82. The molecular formula is C9H11NO2. The fourth-order valence-electron chi connectivity index (χ4n) is 2.03. The molecule has 1 fully saturated rings. The maximum absolute atomic E-state index is 11.5. The maximum atomic E-state index is 11.5. The van der Waals surface area contributed by atoms with Crippen molar-refractivity contribution in [3.63, 3.8) is 0 Å². The minimum atomic E-state index is -0.0231. The van der Waals surface area contributed by atoms with Crippen molar-refractivity contribution >= 4 is 17.8 Å². The average molecular weight is 165 g/mol. The molecule has 0 unspecified atom stereocenters. The van der Waals surface area contributed by atoms with E-state index in [1.807, 2.05) is 0 Å². The summed E-state index contributed by atoms with van der Waals surface area (Å²) in [7, 11) is 0. The van der Waals surface area contributed by atoms with Crippen molar-refractivity contribution in [1.82, 2.24) is 0 Å². The Morgan fingerprint density at radius 3 is 2.50 bits per heavy atom. The SMILES string of the molecule is O=CC1=NC2CCC(CC2)C1=O. The summed E-state index contributed by atoms with van der Waals surface area (Å²) in [5.41, 5.74) is 0.181. The summed E-state index contributed by atoms with van der Waals surface area (Å²) in [6.07, 6.45) is 4.41. The van der Waals surface area contributed by atoms with Crippen LogP contribution in [-0.2, 0) is 9.59 Å². The van der Waals surface area contributed by atoms with Crippen LogP contribution in [0.15, 0.2) is 4.99 Å². The summed E-state index contributed by atoms with van der Waals surface area (Å²) < 4.78 is 0. The highest BCUT2D eigenvalue weighted by atomic mass is 16.1. The Labute approximate surface area is 70.9 Å². The van der Waals surface area contributed by atoms with Gasteiger partial charge in [-0.25, -0.2) is 0 Å². The van der Waals surface area contributed by atoms with Crippen LogP contribution >= 0.6 is 0 Å². The highest BCUT2D eigenvalue weighted by molar-refractivity contribution is 6.60. The second-order valence-corrected chi connectivity index (χ2v) is 3.50. The van der Waals surface area contributed by atoms with Crippen molar-refractivity contribution in [2.24, 2.45) is 10.9 Å². The molecule has 12 heavy (non-hydrogen) atoms. The van der Waals surface area contributed by atoms with Gasteiger partial charge in [0.15, 0.2) is 12.1 Å². The van der Waals surface area contributed by atoms with Gasteiger partial charge >= 0.3 is 0 Å². The molecule has 0 radical (unpaired) electrons. The van der Waals surface area contributed by atoms with E-state index in [0.717, 1.165) is 25.7 Å². The lowest BCUT2D eigenvalue weighted by molar-refractivity contribution is -0.117. The largest absolute Gasteiger partial charge is 0.296 e. The molecule has 2 heterocycles. The van der Waals surface area contributed by atoms with E-state index in [4.69, 9.17) is 0 Å². The molecule has 0 aromatic rings. The minimum absolute atomic E-state index is 0.0231. The normalized spacial score (nSPS) is 34.3. The van der Waals surface area contributed by atoms with Gasteiger partial charge in [-0.2, -0.15) is 0 Å². The van der Waals surface area contributed by atoms with Gasteiger partial charge in [-0.3, -0.25) is 14.6 Å². The Hall–Kier alpha value is -0.990. The van der Waals surface area contributed by atoms with Gasteiger partial charge in [-0.05, 0) is 25.7 Å². The third-order valence-electron chi connectivity index (χ3n) is 2.75. The predicted octanol–water partition coefficient (Wildman–Crippen LogP) is 0.768. The van der Waals surface area contributed by atoms with Crippen molar-refractivity contribution < 1.29 is 9.59 Å². The number of aldehydes is 1. The molecule has 3 nitrogen and oxygen atoms in total. The molecule has 0 aromatic heterocycles. The first-order valence-corrected chi connectivity index (χ1v) is 4.38. The average Bonchev–Trinajstić information content (AvgIpc) is 2.36. The van der Waals surface area contributed by atoms with Crippen LogP contribution in [0.25, 0.3) is 0 Å². The fraction of sp³-hybridized carbons (Fsp3) is 0.667. The number of hydrogen-bond donors (Lipinski definition) is 0. The Morgan fingerprint density at radius 1 is 1.25 bits per heavy atom. The number of carbonyl (C=O) groups is 2. The van der Waals surface area contributed by atoms with Crippen LogP contribution in [0.5, 0.6) is 0 Å². The molecule has 0 saturated heterocycles. The highest BCUT2D eigenvalue weighted by Crippen LogP contribution is 2.30. The van der Waals surface area contributed by atoms with Crippen molar-refractivity contribution in [2.45, 2.75) is 31.7 Å². The maximum Gasteiger partial charge on any atom is 0.187 e. The van der Waals surface area contributed by atoms with Crippen molar-refractivity contribution in [1.29, 1.82) is 0 Å². The van der Waals surface area contributed by atoms with Crippen LogP contribution in [-0.4, -0.2) is 23.8 Å². The lowest BCUT2D eigenvalue weighted by atomic mass is 9.85. The highest BCUT2D eigenvalue weighted by Gasteiger charge is 2.32. The molecule has 0 spiro atoms. The fourth-order valence-corrected chi connectivity index (χ4v) is 2.03. The monoisotopic (exact) mass is 165 g/mol. The summed E-state index contributed by atoms with van der Waals surface area (Å²) >= 11 is 0. The Bertz CT molecular complexity index is 249. The van der Waals surface area contributed by atoms with Crippen LogP contribution in [0, 0.1) is 5.92 Å². The van der Waals surface area contributed by atoms with E-state index >= 15 is 0 Å². The minimum Gasteiger partial charge on any atom is -0.296 e. The Kier molecular flexibility index (Phi) is 1.79. The lowest BCUT2D eigenvalue weighted by Gasteiger charge is -2.19. The van der Waals surface area contributed by atoms with E-state index in [1.54, 1.807) is 0 Å². The summed E-state index contributed by atoms with van der Waals surface area (Å²) in [4.78, 5) is 26.1. The second kappa shape index (κ2) is 2.81. The molecule has 0 aromatic carbocycles. The van der Waals surface area contributed by atoms with Gasteiger partial charge in [-0.15, -0.1) is 0 Å². The number of rotatable bonds is 1. The van der Waals surface area contributed by atoms with E-state index in [1.165, 1.54) is 0 Å². The van der Waals surface area contributed by atoms with Crippen molar-refractivity contribution in [3.8, 4) is 0 Å². The third kappa shape index (κ3) is 1.09. The molecule has 0 atom stereocenters. The molecular weight excluding hydrogens is 154 g/mol. The van der Waals surface area contributed by atoms with Gasteiger partial charge in [0, 0.05) is 5.92 Å². The first kappa shape index (κ1) is 7.65. The molecule has 3 aliphatic rings. The van der Waals surface area contributed by atoms with Crippen molar-refractivity contribution in [3.05, 3.63) is 0 Å². The molecule has 1 saturated carbocycles. The number of fused-ring (bicyclic) bond motifs is 3. The van der Waals surface area contributed by atoms with Crippen LogP contribution < -0.4 is 0 Å².